The van der Waals surface area contributed by atoms with Gasteiger partial charge in [-0.05, 0) is 56.2 Å². The second kappa shape index (κ2) is 7.90. The van der Waals surface area contributed by atoms with Crippen molar-refractivity contribution in [3.05, 3.63) is 59.7 Å². The Morgan fingerprint density at radius 2 is 1.65 bits per heavy atom. The summed E-state index contributed by atoms with van der Waals surface area (Å²) < 4.78 is 32.6. The Morgan fingerprint density at radius 1 is 1.03 bits per heavy atom. The number of anilines is 1. The van der Waals surface area contributed by atoms with E-state index in [9.17, 15) is 22.8 Å². The molecule has 0 bridgehead atoms. The lowest BCUT2D eigenvalue weighted by Gasteiger charge is -2.26. The van der Waals surface area contributed by atoms with Crippen LogP contribution in [0.2, 0.25) is 0 Å². The van der Waals surface area contributed by atoms with Crippen molar-refractivity contribution in [1.82, 2.24) is 4.31 Å². The Bertz CT molecular complexity index is 1140. The summed E-state index contributed by atoms with van der Waals surface area (Å²) in [5, 5.41) is 0. The molecule has 2 aromatic carbocycles. The number of methoxy groups -OCH3 is 1. The number of carbonyl (C=O) groups excluding carboxylic acids is 3. The standard InChI is InChI=1S/C22H22N2O6S/c1-14-3-11-18(12-4-14)31(28,29)24(17-9-10-17)19-13-20(25)23(21(19)26)16-7-5-15(6-8-16)22(27)30-2/h3-8,11-12,17,19H,9-10,13H2,1-2H3. The maximum Gasteiger partial charge on any atom is 0.337 e. The minimum Gasteiger partial charge on any atom is -0.465 e. The molecule has 9 heteroatoms. The molecule has 1 saturated carbocycles. The van der Waals surface area contributed by atoms with Gasteiger partial charge in [0.15, 0.2) is 0 Å². The van der Waals surface area contributed by atoms with E-state index in [1.54, 1.807) is 12.1 Å². The molecule has 1 unspecified atom stereocenters. The van der Waals surface area contributed by atoms with Crippen molar-refractivity contribution in [1.29, 1.82) is 0 Å². The number of nitrogens with zero attached hydrogens (tertiary/aromatic N) is 2. The second-order valence-corrected chi connectivity index (χ2v) is 9.55. The third kappa shape index (κ3) is 3.86. The van der Waals surface area contributed by atoms with Crippen LogP contribution in [0.25, 0.3) is 0 Å². The molecule has 4 rings (SSSR count). The van der Waals surface area contributed by atoms with Crippen molar-refractivity contribution >= 4 is 33.5 Å². The highest BCUT2D eigenvalue weighted by Gasteiger charge is 2.51. The molecule has 1 aliphatic carbocycles. The molecule has 0 N–H and O–H groups in total. The van der Waals surface area contributed by atoms with Gasteiger partial charge in [-0.3, -0.25) is 9.59 Å². The van der Waals surface area contributed by atoms with Crippen molar-refractivity contribution in [3.8, 4) is 0 Å². The van der Waals surface area contributed by atoms with Crippen LogP contribution in [0.5, 0.6) is 0 Å². The van der Waals surface area contributed by atoms with E-state index < -0.39 is 33.8 Å². The minimum atomic E-state index is -3.95. The number of ether oxygens (including phenoxy) is 1. The van der Waals surface area contributed by atoms with Crippen LogP contribution in [-0.2, 0) is 24.3 Å². The van der Waals surface area contributed by atoms with Gasteiger partial charge in [0.1, 0.15) is 6.04 Å². The number of benzene rings is 2. The zero-order chi connectivity index (χ0) is 22.3. The zero-order valence-electron chi connectivity index (χ0n) is 17.1. The van der Waals surface area contributed by atoms with E-state index in [-0.39, 0.29) is 28.6 Å². The number of rotatable bonds is 6. The van der Waals surface area contributed by atoms with Crippen LogP contribution < -0.4 is 4.90 Å². The largest absolute Gasteiger partial charge is 0.465 e. The maximum atomic E-state index is 13.4. The van der Waals surface area contributed by atoms with Crippen LogP contribution in [0.1, 0.15) is 35.2 Å². The first-order valence-corrected chi connectivity index (χ1v) is 11.3. The second-order valence-electron chi connectivity index (χ2n) is 7.70. The Hall–Kier alpha value is -3.04. The average Bonchev–Trinajstić information content (AvgIpc) is 3.53. The number of sulfonamides is 1. The van der Waals surface area contributed by atoms with E-state index in [0.717, 1.165) is 10.5 Å². The smallest absolute Gasteiger partial charge is 0.337 e. The van der Waals surface area contributed by atoms with Gasteiger partial charge < -0.3 is 4.74 Å². The van der Waals surface area contributed by atoms with Crippen molar-refractivity contribution in [3.63, 3.8) is 0 Å². The number of carbonyl (C=O) groups is 3. The summed E-state index contributed by atoms with van der Waals surface area (Å²) in [6.07, 6.45) is 1.08. The molecule has 0 radical (unpaired) electrons. The molecule has 162 valence electrons. The van der Waals surface area contributed by atoms with Crippen LogP contribution >= 0.6 is 0 Å². The van der Waals surface area contributed by atoms with Gasteiger partial charge in [-0.15, -0.1) is 0 Å². The molecule has 2 aliphatic rings. The van der Waals surface area contributed by atoms with Crippen LogP contribution in [-0.4, -0.2) is 49.7 Å². The van der Waals surface area contributed by atoms with Gasteiger partial charge in [0.2, 0.25) is 15.9 Å². The van der Waals surface area contributed by atoms with E-state index >= 15 is 0 Å². The molecule has 1 saturated heterocycles. The van der Waals surface area contributed by atoms with Crippen molar-refractivity contribution in [2.75, 3.05) is 12.0 Å². The summed E-state index contributed by atoms with van der Waals surface area (Å²) in [5.74, 6) is -1.60. The number of esters is 1. The minimum absolute atomic E-state index is 0.103. The predicted molar refractivity (Wildman–Crippen MR) is 112 cm³/mol. The van der Waals surface area contributed by atoms with Gasteiger partial charge in [0, 0.05) is 6.04 Å². The van der Waals surface area contributed by atoms with E-state index in [0.29, 0.717) is 12.8 Å². The molecule has 8 nitrogen and oxygen atoms in total. The van der Waals surface area contributed by atoms with Crippen LogP contribution in [0.4, 0.5) is 5.69 Å². The number of hydrogen-bond donors (Lipinski definition) is 0. The Labute approximate surface area is 180 Å². The maximum absolute atomic E-state index is 13.4. The molecule has 0 spiro atoms. The highest BCUT2D eigenvalue weighted by Crippen LogP contribution is 2.38. The van der Waals surface area contributed by atoms with Crippen LogP contribution in [0.3, 0.4) is 0 Å². The number of amides is 2. The van der Waals surface area contributed by atoms with Crippen LogP contribution in [0.15, 0.2) is 53.4 Å². The fourth-order valence-electron chi connectivity index (χ4n) is 3.73. The normalized spacial score (nSPS) is 19.2. The topological polar surface area (TPSA) is 101 Å². The van der Waals surface area contributed by atoms with Crippen LogP contribution in [0, 0.1) is 6.92 Å². The van der Waals surface area contributed by atoms with Crippen molar-refractivity contribution < 1.29 is 27.5 Å². The van der Waals surface area contributed by atoms with Gasteiger partial charge in [0.25, 0.3) is 5.91 Å². The lowest BCUT2D eigenvalue weighted by atomic mass is 10.2. The van der Waals surface area contributed by atoms with Gasteiger partial charge in [-0.2, -0.15) is 4.31 Å². The monoisotopic (exact) mass is 442 g/mol. The number of hydrogen-bond acceptors (Lipinski definition) is 6. The molecule has 1 aliphatic heterocycles. The lowest BCUT2D eigenvalue weighted by Crippen LogP contribution is -2.46. The highest BCUT2D eigenvalue weighted by atomic mass is 32.2. The average molecular weight is 442 g/mol. The summed E-state index contributed by atoms with van der Waals surface area (Å²) in [7, 11) is -2.69. The van der Waals surface area contributed by atoms with Crippen molar-refractivity contribution in [2.24, 2.45) is 0 Å². The summed E-state index contributed by atoms with van der Waals surface area (Å²) in [6.45, 7) is 1.86. The van der Waals surface area contributed by atoms with Gasteiger partial charge in [-0.25, -0.2) is 18.1 Å². The fraction of sp³-hybridized carbons (Fsp3) is 0.318. The first kappa shape index (κ1) is 21.2. The Morgan fingerprint density at radius 3 is 2.19 bits per heavy atom. The first-order chi connectivity index (χ1) is 14.7. The summed E-state index contributed by atoms with van der Waals surface area (Å²) in [4.78, 5) is 38.6. The van der Waals surface area contributed by atoms with E-state index in [1.807, 2.05) is 6.92 Å². The SMILES string of the molecule is COC(=O)c1ccc(N2C(=O)CC(N(C3CC3)S(=O)(=O)c3ccc(C)cc3)C2=O)cc1. The highest BCUT2D eigenvalue weighted by molar-refractivity contribution is 7.89. The third-order valence-electron chi connectivity index (χ3n) is 5.48. The molecular formula is C22H22N2O6S. The molecule has 2 aromatic rings. The Kier molecular flexibility index (Phi) is 5.40. The molecular weight excluding hydrogens is 420 g/mol. The molecule has 31 heavy (non-hydrogen) atoms. The summed E-state index contributed by atoms with van der Waals surface area (Å²) in [5.41, 5.74) is 1.49. The van der Waals surface area contributed by atoms with Gasteiger partial charge >= 0.3 is 5.97 Å². The number of aryl methyl sites for hydroxylation is 1. The third-order valence-corrected chi connectivity index (χ3v) is 7.46. The van der Waals surface area contributed by atoms with Crippen molar-refractivity contribution in [2.45, 2.75) is 43.2 Å². The van der Waals surface area contributed by atoms with Gasteiger partial charge in [-0.1, -0.05) is 17.7 Å². The number of imide groups is 1. The molecule has 1 atom stereocenters. The fourth-order valence-corrected chi connectivity index (χ4v) is 5.56. The lowest BCUT2D eigenvalue weighted by molar-refractivity contribution is -0.122. The first-order valence-electron chi connectivity index (χ1n) is 9.89. The Balaban J connectivity index is 1.65. The summed E-state index contributed by atoms with van der Waals surface area (Å²) >= 11 is 0. The van der Waals surface area contributed by atoms with E-state index in [1.165, 1.54) is 47.8 Å². The van der Waals surface area contributed by atoms with E-state index in [2.05, 4.69) is 4.74 Å². The zero-order valence-corrected chi connectivity index (χ0v) is 18.0. The predicted octanol–water partition coefficient (Wildman–Crippen LogP) is 2.27. The summed E-state index contributed by atoms with van der Waals surface area (Å²) in [6, 6.07) is 10.9. The molecule has 2 fully saturated rings. The van der Waals surface area contributed by atoms with Gasteiger partial charge in [0.05, 0.1) is 29.7 Å². The van der Waals surface area contributed by atoms with E-state index in [4.69, 9.17) is 0 Å². The molecule has 2 amide bonds. The molecule has 0 aromatic heterocycles. The quantitative estimate of drug-likeness (QED) is 0.503. The molecule has 1 heterocycles.